The van der Waals surface area contributed by atoms with Crippen LogP contribution in [0.15, 0.2) is 11.5 Å². The Kier molecular flexibility index (Phi) is 5.37. The van der Waals surface area contributed by atoms with Gasteiger partial charge in [0.1, 0.15) is 0 Å². The lowest BCUT2D eigenvalue weighted by Crippen LogP contribution is -1.54. The van der Waals surface area contributed by atoms with Gasteiger partial charge in [0, 0.05) is 0 Å². The van der Waals surface area contributed by atoms with Crippen molar-refractivity contribution in [3.8, 4) is 12.3 Å². The molecule has 0 saturated carbocycles. The summed E-state index contributed by atoms with van der Waals surface area (Å²) in [5, 5.41) is 1.92. The second-order valence-corrected chi connectivity index (χ2v) is 2.11. The fourth-order valence-electron chi connectivity index (χ4n) is 0.184. The zero-order valence-corrected chi connectivity index (χ0v) is 5.16. The van der Waals surface area contributed by atoms with E-state index in [4.69, 9.17) is 6.42 Å². The molecule has 0 amide bonds. The summed E-state index contributed by atoms with van der Waals surface area (Å²) in [7, 11) is 0. The van der Waals surface area contributed by atoms with Crippen molar-refractivity contribution in [3.63, 3.8) is 0 Å². The van der Waals surface area contributed by atoms with Crippen molar-refractivity contribution in [1.29, 1.82) is 0 Å². The summed E-state index contributed by atoms with van der Waals surface area (Å²) in [6.45, 7) is 2.09. The van der Waals surface area contributed by atoms with Crippen molar-refractivity contribution in [2.45, 2.75) is 6.92 Å². The fraction of sp³-hybridized carbons (Fsp3) is 0.333. The van der Waals surface area contributed by atoms with Crippen molar-refractivity contribution in [2.24, 2.45) is 0 Å². The highest BCUT2D eigenvalue weighted by Gasteiger charge is 1.65. The van der Waals surface area contributed by atoms with Crippen molar-refractivity contribution < 1.29 is 0 Å². The molecule has 0 aromatic carbocycles. The molecule has 38 valence electrons. The van der Waals surface area contributed by atoms with E-state index >= 15 is 0 Å². The third-order valence-corrected chi connectivity index (χ3v) is 1.09. The third-order valence-electron chi connectivity index (χ3n) is 0.427. The number of allylic oxidation sites excluding steroid dienone is 1. The van der Waals surface area contributed by atoms with E-state index in [1.165, 1.54) is 0 Å². The Balaban J connectivity index is 2.97. The molecule has 0 aromatic heterocycles. The molecule has 0 aromatic rings. The summed E-state index contributed by atoms with van der Waals surface area (Å²) in [6, 6.07) is 0. The van der Waals surface area contributed by atoms with Gasteiger partial charge in [0.2, 0.25) is 0 Å². The van der Waals surface area contributed by atoms with Crippen LogP contribution in [-0.4, -0.2) is 5.75 Å². The lowest BCUT2D eigenvalue weighted by molar-refractivity contribution is 1.54. The second kappa shape index (κ2) is 5.65. The highest BCUT2D eigenvalue weighted by Crippen LogP contribution is 1.97. The molecule has 0 aliphatic heterocycles. The first-order chi connectivity index (χ1) is 3.41. The Morgan fingerprint density at radius 2 is 2.57 bits per heavy atom. The van der Waals surface area contributed by atoms with Gasteiger partial charge in [-0.25, -0.2) is 0 Å². The summed E-state index contributed by atoms with van der Waals surface area (Å²) in [4.78, 5) is 0. The molecular weight excluding hydrogens is 104 g/mol. The van der Waals surface area contributed by atoms with Gasteiger partial charge in [-0.2, -0.15) is 0 Å². The van der Waals surface area contributed by atoms with Crippen LogP contribution in [0.2, 0.25) is 0 Å². The average Bonchev–Trinajstić information content (AvgIpc) is 1.69. The van der Waals surface area contributed by atoms with Crippen LogP contribution in [0.5, 0.6) is 0 Å². The maximum Gasteiger partial charge on any atom is -0.00542 e. The van der Waals surface area contributed by atoms with Gasteiger partial charge in [-0.3, -0.25) is 0 Å². The predicted octanol–water partition coefficient (Wildman–Crippen LogP) is 1.89. The summed E-state index contributed by atoms with van der Waals surface area (Å²) in [5.74, 6) is 3.50. The van der Waals surface area contributed by atoms with Gasteiger partial charge in [0.05, 0.1) is 0 Å². The largest absolute Gasteiger partial charge is 0.134 e. The Hall–Kier alpha value is -0.350. The predicted molar refractivity (Wildman–Crippen MR) is 36.1 cm³/mol. The first kappa shape index (κ1) is 6.65. The minimum absolute atomic E-state index is 1.10. The Morgan fingerprint density at radius 3 is 3.00 bits per heavy atom. The lowest BCUT2D eigenvalue weighted by Gasteiger charge is -1.76. The Morgan fingerprint density at radius 1 is 1.86 bits per heavy atom. The quantitative estimate of drug-likeness (QED) is 0.491. The zero-order chi connectivity index (χ0) is 5.54. The van der Waals surface area contributed by atoms with Crippen molar-refractivity contribution in [2.75, 3.05) is 5.75 Å². The van der Waals surface area contributed by atoms with E-state index in [0.717, 1.165) is 5.75 Å². The Bertz CT molecular complexity index is 86.8. The van der Waals surface area contributed by atoms with Crippen LogP contribution in [0.3, 0.4) is 0 Å². The van der Waals surface area contributed by atoms with E-state index < -0.39 is 0 Å². The van der Waals surface area contributed by atoms with Crippen LogP contribution in [0, 0.1) is 12.3 Å². The van der Waals surface area contributed by atoms with Crippen LogP contribution >= 0.6 is 11.8 Å². The molecule has 0 N–H and O–H groups in total. The summed E-state index contributed by atoms with van der Waals surface area (Å²) in [5.41, 5.74) is 0. The molecule has 0 rings (SSSR count). The smallest absolute Gasteiger partial charge is 0.00542 e. The van der Waals surface area contributed by atoms with Gasteiger partial charge >= 0.3 is 0 Å². The van der Waals surface area contributed by atoms with E-state index in [-0.39, 0.29) is 0 Å². The molecule has 0 aliphatic carbocycles. The number of rotatable bonds is 2. The third kappa shape index (κ3) is 5.65. The summed E-state index contributed by atoms with van der Waals surface area (Å²) >= 11 is 1.71. The maximum absolute atomic E-state index is 4.92. The highest BCUT2D eigenvalue weighted by atomic mass is 32.2. The molecule has 0 spiro atoms. The van der Waals surface area contributed by atoms with E-state index in [0.29, 0.717) is 0 Å². The molecule has 0 fully saturated rings. The zero-order valence-electron chi connectivity index (χ0n) is 4.35. The summed E-state index contributed by atoms with van der Waals surface area (Å²) < 4.78 is 0. The molecule has 0 unspecified atom stereocenters. The molecular formula is C6H8S. The van der Waals surface area contributed by atoms with Crippen molar-refractivity contribution in [1.82, 2.24) is 0 Å². The molecule has 7 heavy (non-hydrogen) atoms. The molecule has 0 nitrogen and oxygen atoms in total. The maximum atomic E-state index is 4.92. The van der Waals surface area contributed by atoms with E-state index in [1.54, 1.807) is 17.8 Å². The number of hydrogen-bond donors (Lipinski definition) is 0. The number of terminal acetylenes is 1. The normalized spacial score (nSPS) is 9.14. The summed E-state index contributed by atoms with van der Waals surface area (Å²) in [6.07, 6.45) is 6.62. The van der Waals surface area contributed by atoms with Gasteiger partial charge in [0.15, 0.2) is 0 Å². The fourth-order valence-corrected chi connectivity index (χ4v) is 0.551. The minimum Gasteiger partial charge on any atom is -0.134 e. The van der Waals surface area contributed by atoms with Crippen LogP contribution in [0.4, 0.5) is 0 Å². The average molecular weight is 112 g/mol. The van der Waals surface area contributed by atoms with Crippen molar-refractivity contribution in [3.05, 3.63) is 11.5 Å². The first-order valence-corrected chi connectivity index (χ1v) is 3.19. The number of hydrogen-bond acceptors (Lipinski definition) is 1. The van der Waals surface area contributed by atoms with E-state index in [2.05, 4.69) is 12.8 Å². The molecule has 0 bridgehead atoms. The first-order valence-electron chi connectivity index (χ1n) is 2.14. The van der Waals surface area contributed by atoms with Gasteiger partial charge in [-0.1, -0.05) is 12.8 Å². The monoisotopic (exact) mass is 112 g/mol. The molecule has 0 saturated heterocycles. The van der Waals surface area contributed by atoms with Crippen molar-refractivity contribution >= 4 is 11.8 Å². The van der Waals surface area contributed by atoms with Crippen LogP contribution in [0.1, 0.15) is 6.92 Å². The van der Waals surface area contributed by atoms with Gasteiger partial charge in [-0.05, 0) is 17.2 Å². The van der Waals surface area contributed by atoms with Crippen LogP contribution in [-0.2, 0) is 0 Å². The molecule has 0 aliphatic rings. The molecule has 0 atom stereocenters. The second-order valence-electron chi connectivity index (χ2n) is 0.925. The Labute approximate surface area is 49.0 Å². The van der Waals surface area contributed by atoms with E-state index in [1.807, 2.05) is 5.41 Å². The van der Waals surface area contributed by atoms with Crippen LogP contribution in [0.25, 0.3) is 0 Å². The van der Waals surface area contributed by atoms with Gasteiger partial charge in [-0.15, -0.1) is 18.2 Å². The SMILES string of the molecule is C#C/C=C\SCC. The van der Waals surface area contributed by atoms with Gasteiger partial charge < -0.3 is 0 Å². The molecule has 0 radical (unpaired) electrons. The molecule has 0 heterocycles. The number of thioether (sulfide) groups is 1. The topological polar surface area (TPSA) is 0 Å². The molecule has 1 heteroatoms. The lowest BCUT2D eigenvalue weighted by atomic mass is 10.7. The standard InChI is InChI=1S/C6H8S/c1-3-5-6-7-4-2/h1,5-6H,4H2,2H3/b6-5-. The highest BCUT2D eigenvalue weighted by molar-refractivity contribution is 8.02. The van der Waals surface area contributed by atoms with Crippen LogP contribution < -0.4 is 0 Å². The minimum atomic E-state index is 1.10. The van der Waals surface area contributed by atoms with Gasteiger partial charge in [0.25, 0.3) is 0 Å². The van der Waals surface area contributed by atoms with E-state index in [9.17, 15) is 0 Å².